The van der Waals surface area contributed by atoms with Gasteiger partial charge in [0.15, 0.2) is 0 Å². The van der Waals surface area contributed by atoms with Gasteiger partial charge in [0.2, 0.25) is 0 Å². The van der Waals surface area contributed by atoms with Crippen molar-refractivity contribution in [3.63, 3.8) is 0 Å². The van der Waals surface area contributed by atoms with Crippen molar-refractivity contribution in [1.82, 2.24) is 0 Å². The molecule has 0 aromatic heterocycles. The zero-order valence-corrected chi connectivity index (χ0v) is 9.27. The molecule has 2 unspecified atom stereocenters. The van der Waals surface area contributed by atoms with E-state index in [1.807, 2.05) is 19.1 Å². The third-order valence-corrected chi connectivity index (χ3v) is 3.05. The van der Waals surface area contributed by atoms with E-state index in [1.54, 1.807) is 13.2 Å². The second-order valence-electron chi connectivity index (χ2n) is 3.95. The Hall–Kier alpha value is -1.71. The van der Waals surface area contributed by atoms with Crippen molar-refractivity contribution in [2.24, 2.45) is 5.92 Å². The molecule has 1 aromatic rings. The van der Waals surface area contributed by atoms with Crippen LogP contribution in [0.5, 0.6) is 11.5 Å². The molecular weight excluding hydrogens is 208 g/mol. The van der Waals surface area contributed by atoms with Crippen LogP contribution in [-0.4, -0.2) is 24.8 Å². The smallest absolute Gasteiger partial charge is 0.310 e. The highest BCUT2D eigenvalue weighted by molar-refractivity contribution is 5.72. The molecule has 16 heavy (non-hydrogen) atoms. The van der Waals surface area contributed by atoms with E-state index in [4.69, 9.17) is 14.6 Å². The van der Waals surface area contributed by atoms with Crippen LogP contribution < -0.4 is 9.47 Å². The van der Waals surface area contributed by atoms with Gasteiger partial charge in [-0.15, -0.1) is 0 Å². The van der Waals surface area contributed by atoms with E-state index in [0.29, 0.717) is 0 Å². The number of ether oxygens (including phenoxy) is 2. The van der Waals surface area contributed by atoms with E-state index < -0.39 is 11.9 Å². The molecule has 0 saturated heterocycles. The summed E-state index contributed by atoms with van der Waals surface area (Å²) in [4.78, 5) is 11.0. The monoisotopic (exact) mass is 222 g/mol. The highest BCUT2D eigenvalue weighted by atomic mass is 16.5. The summed E-state index contributed by atoms with van der Waals surface area (Å²) in [6.45, 7) is 2.13. The molecule has 1 aliphatic rings. The molecule has 2 rings (SSSR count). The van der Waals surface area contributed by atoms with Crippen LogP contribution in [0.25, 0.3) is 0 Å². The molecule has 86 valence electrons. The average molecular weight is 222 g/mol. The Kier molecular flexibility index (Phi) is 2.73. The predicted molar refractivity (Wildman–Crippen MR) is 58.0 cm³/mol. The lowest BCUT2D eigenvalue weighted by Gasteiger charge is -2.28. The number of carboxylic acids is 1. The third-order valence-electron chi connectivity index (χ3n) is 3.05. The fraction of sp³-hybridized carbons (Fsp3) is 0.417. The average Bonchev–Trinajstić information content (AvgIpc) is 2.28. The molecule has 0 radical (unpaired) electrons. The number of methoxy groups -OCH3 is 1. The van der Waals surface area contributed by atoms with Crippen LogP contribution in [0, 0.1) is 5.92 Å². The number of hydrogen-bond donors (Lipinski definition) is 1. The third kappa shape index (κ3) is 1.71. The van der Waals surface area contributed by atoms with Gasteiger partial charge in [-0.3, -0.25) is 4.79 Å². The summed E-state index contributed by atoms with van der Waals surface area (Å²) in [5.74, 6) is 0.131. The van der Waals surface area contributed by atoms with E-state index in [1.165, 1.54) is 0 Å². The van der Waals surface area contributed by atoms with Crippen molar-refractivity contribution in [3.05, 3.63) is 23.8 Å². The van der Waals surface area contributed by atoms with Crippen LogP contribution in [-0.2, 0) is 4.79 Å². The van der Waals surface area contributed by atoms with Gasteiger partial charge in [-0.05, 0) is 11.6 Å². The van der Waals surface area contributed by atoms with Gasteiger partial charge >= 0.3 is 5.97 Å². The molecule has 1 heterocycles. The SMILES string of the molecule is COc1ccc2c(c1)OCC(C(=O)O)C2C. The van der Waals surface area contributed by atoms with E-state index in [9.17, 15) is 4.79 Å². The molecular formula is C12H14O4. The normalized spacial score (nSPS) is 23.1. The lowest BCUT2D eigenvalue weighted by Crippen LogP contribution is -2.30. The van der Waals surface area contributed by atoms with Crippen LogP contribution in [0.1, 0.15) is 18.4 Å². The van der Waals surface area contributed by atoms with Gasteiger partial charge in [0.1, 0.15) is 18.1 Å². The molecule has 0 bridgehead atoms. The second-order valence-corrected chi connectivity index (χ2v) is 3.95. The first kappa shape index (κ1) is 10.8. The summed E-state index contributed by atoms with van der Waals surface area (Å²) >= 11 is 0. The van der Waals surface area contributed by atoms with Gasteiger partial charge in [-0.1, -0.05) is 13.0 Å². The number of carbonyl (C=O) groups is 1. The first-order chi connectivity index (χ1) is 7.63. The Balaban J connectivity index is 2.35. The van der Waals surface area contributed by atoms with E-state index in [2.05, 4.69) is 0 Å². The lowest BCUT2D eigenvalue weighted by molar-refractivity contribution is -0.144. The van der Waals surface area contributed by atoms with Crippen molar-refractivity contribution in [2.45, 2.75) is 12.8 Å². The number of hydrogen-bond acceptors (Lipinski definition) is 3. The number of rotatable bonds is 2. The highest BCUT2D eigenvalue weighted by Crippen LogP contribution is 2.38. The second kappa shape index (κ2) is 4.04. The Morgan fingerprint density at radius 1 is 1.56 bits per heavy atom. The number of benzene rings is 1. The van der Waals surface area contributed by atoms with Gasteiger partial charge in [0, 0.05) is 12.0 Å². The van der Waals surface area contributed by atoms with Gasteiger partial charge < -0.3 is 14.6 Å². The minimum absolute atomic E-state index is 0.0350. The van der Waals surface area contributed by atoms with Crippen molar-refractivity contribution >= 4 is 5.97 Å². The molecule has 0 saturated carbocycles. The minimum atomic E-state index is -0.811. The van der Waals surface area contributed by atoms with Crippen LogP contribution in [0.15, 0.2) is 18.2 Å². The summed E-state index contributed by atoms with van der Waals surface area (Å²) in [5.41, 5.74) is 0.930. The molecule has 4 nitrogen and oxygen atoms in total. The Morgan fingerprint density at radius 2 is 2.31 bits per heavy atom. The summed E-state index contributed by atoms with van der Waals surface area (Å²) in [6.07, 6.45) is 0. The van der Waals surface area contributed by atoms with Crippen LogP contribution in [0.2, 0.25) is 0 Å². The maximum atomic E-state index is 11.0. The zero-order chi connectivity index (χ0) is 11.7. The van der Waals surface area contributed by atoms with Crippen LogP contribution in [0.3, 0.4) is 0 Å². The number of fused-ring (bicyclic) bond motifs is 1. The quantitative estimate of drug-likeness (QED) is 0.830. The highest BCUT2D eigenvalue weighted by Gasteiger charge is 2.32. The molecule has 1 aliphatic heterocycles. The largest absolute Gasteiger partial charge is 0.497 e. The van der Waals surface area contributed by atoms with Gasteiger partial charge in [0.05, 0.1) is 13.0 Å². The zero-order valence-electron chi connectivity index (χ0n) is 9.27. The van der Waals surface area contributed by atoms with Crippen LogP contribution in [0.4, 0.5) is 0 Å². The molecule has 4 heteroatoms. The van der Waals surface area contributed by atoms with E-state index >= 15 is 0 Å². The summed E-state index contributed by atoms with van der Waals surface area (Å²) in [7, 11) is 1.59. The van der Waals surface area contributed by atoms with Crippen LogP contribution >= 0.6 is 0 Å². The van der Waals surface area contributed by atoms with Crippen molar-refractivity contribution in [2.75, 3.05) is 13.7 Å². The van der Waals surface area contributed by atoms with Gasteiger partial charge in [0.25, 0.3) is 0 Å². The predicted octanol–water partition coefficient (Wildman–Crippen LogP) is 1.89. The van der Waals surface area contributed by atoms with Crippen molar-refractivity contribution in [1.29, 1.82) is 0 Å². The van der Waals surface area contributed by atoms with E-state index in [0.717, 1.165) is 17.1 Å². The standard InChI is InChI=1S/C12H14O4/c1-7-9-4-3-8(15-2)5-11(9)16-6-10(7)12(13)14/h3-5,7,10H,6H2,1-2H3,(H,13,14). The molecule has 0 amide bonds. The first-order valence-corrected chi connectivity index (χ1v) is 5.17. The summed E-state index contributed by atoms with van der Waals surface area (Å²) < 4.78 is 10.5. The molecule has 0 aliphatic carbocycles. The molecule has 2 atom stereocenters. The molecule has 1 aromatic carbocycles. The molecule has 0 spiro atoms. The van der Waals surface area contributed by atoms with Gasteiger partial charge in [-0.2, -0.15) is 0 Å². The lowest BCUT2D eigenvalue weighted by atomic mass is 9.85. The first-order valence-electron chi connectivity index (χ1n) is 5.17. The minimum Gasteiger partial charge on any atom is -0.497 e. The Bertz CT molecular complexity index is 413. The Labute approximate surface area is 93.8 Å². The number of aliphatic carboxylic acids is 1. The summed E-state index contributed by atoms with van der Waals surface area (Å²) in [5, 5.41) is 9.03. The topological polar surface area (TPSA) is 55.8 Å². The summed E-state index contributed by atoms with van der Waals surface area (Å²) in [6, 6.07) is 5.49. The van der Waals surface area contributed by atoms with Crippen molar-refractivity contribution in [3.8, 4) is 11.5 Å². The number of carboxylic acid groups (broad SMARTS) is 1. The fourth-order valence-corrected chi connectivity index (χ4v) is 1.97. The molecule has 0 fully saturated rings. The van der Waals surface area contributed by atoms with Gasteiger partial charge in [-0.25, -0.2) is 0 Å². The fourth-order valence-electron chi connectivity index (χ4n) is 1.97. The maximum Gasteiger partial charge on any atom is 0.310 e. The van der Waals surface area contributed by atoms with Crippen molar-refractivity contribution < 1.29 is 19.4 Å². The molecule has 1 N–H and O–H groups in total. The maximum absolute atomic E-state index is 11.0. The Morgan fingerprint density at radius 3 is 2.94 bits per heavy atom. The van der Waals surface area contributed by atoms with E-state index in [-0.39, 0.29) is 12.5 Å².